The first-order valence-corrected chi connectivity index (χ1v) is 7.74. The van der Waals surface area contributed by atoms with E-state index >= 15 is 0 Å². The topological polar surface area (TPSA) is 26.3 Å². The SMILES string of the molecule is O=C(Oc1ccc(Br)c(CCBr)c1)c1ccccc1. The lowest BCUT2D eigenvalue weighted by Crippen LogP contribution is -2.08. The van der Waals surface area contributed by atoms with Crippen LogP contribution in [0.25, 0.3) is 0 Å². The number of halogens is 2. The van der Waals surface area contributed by atoms with E-state index in [1.807, 2.05) is 30.3 Å². The predicted octanol–water partition coefficient (Wildman–Crippen LogP) is 4.61. The zero-order chi connectivity index (χ0) is 13.7. The van der Waals surface area contributed by atoms with Crippen molar-refractivity contribution < 1.29 is 9.53 Å². The van der Waals surface area contributed by atoms with Gasteiger partial charge >= 0.3 is 5.97 Å². The van der Waals surface area contributed by atoms with Crippen LogP contribution in [0.1, 0.15) is 15.9 Å². The molecule has 0 aliphatic heterocycles. The molecule has 0 atom stereocenters. The highest BCUT2D eigenvalue weighted by Gasteiger charge is 2.09. The standard InChI is InChI=1S/C15H12Br2O2/c16-9-8-12-10-13(6-7-14(12)17)19-15(18)11-4-2-1-3-5-11/h1-7,10H,8-9H2. The van der Waals surface area contributed by atoms with Gasteiger partial charge in [-0.15, -0.1) is 0 Å². The van der Waals surface area contributed by atoms with Gasteiger partial charge in [0.15, 0.2) is 0 Å². The summed E-state index contributed by atoms with van der Waals surface area (Å²) < 4.78 is 6.39. The normalized spacial score (nSPS) is 10.2. The summed E-state index contributed by atoms with van der Waals surface area (Å²) in [7, 11) is 0. The number of rotatable bonds is 4. The number of hydrogen-bond donors (Lipinski definition) is 0. The Balaban J connectivity index is 2.15. The third-order valence-electron chi connectivity index (χ3n) is 2.60. The van der Waals surface area contributed by atoms with Gasteiger partial charge in [0.1, 0.15) is 5.75 Å². The van der Waals surface area contributed by atoms with Gasteiger partial charge in [-0.25, -0.2) is 4.79 Å². The maximum atomic E-state index is 11.9. The van der Waals surface area contributed by atoms with Crippen molar-refractivity contribution in [1.29, 1.82) is 0 Å². The molecule has 0 radical (unpaired) electrons. The maximum Gasteiger partial charge on any atom is 0.343 e. The monoisotopic (exact) mass is 382 g/mol. The first kappa shape index (κ1) is 14.3. The van der Waals surface area contributed by atoms with Crippen LogP contribution in [0.2, 0.25) is 0 Å². The summed E-state index contributed by atoms with van der Waals surface area (Å²) in [6.07, 6.45) is 0.872. The average Bonchev–Trinajstić information content (AvgIpc) is 2.44. The van der Waals surface area contributed by atoms with Crippen molar-refractivity contribution in [3.63, 3.8) is 0 Å². The van der Waals surface area contributed by atoms with Crippen molar-refractivity contribution in [2.45, 2.75) is 6.42 Å². The van der Waals surface area contributed by atoms with Crippen LogP contribution in [0.15, 0.2) is 53.0 Å². The molecule has 2 aromatic carbocycles. The fraction of sp³-hybridized carbons (Fsp3) is 0.133. The number of hydrogen-bond acceptors (Lipinski definition) is 2. The zero-order valence-electron chi connectivity index (χ0n) is 10.1. The van der Waals surface area contributed by atoms with E-state index in [9.17, 15) is 4.79 Å². The van der Waals surface area contributed by atoms with E-state index < -0.39 is 0 Å². The molecule has 0 fully saturated rings. The fourth-order valence-electron chi connectivity index (χ4n) is 1.65. The summed E-state index contributed by atoms with van der Waals surface area (Å²) in [4.78, 5) is 11.9. The van der Waals surface area contributed by atoms with Crippen molar-refractivity contribution in [1.82, 2.24) is 0 Å². The highest BCUT2D eigenvalue weighted by atomic mass is 79.9. The van der Waals surface area contributed by atoms with Crippen molar-refractivity contribution in [2.75, 3.05) is 5.33 Å². The summed E-state index contributed by atoms with van der Waals surface area (Å²) in [6, 6.07) is 14.5. The summed E-state index contributed by atoms with van der Waals surface area (Å²) in [5.41, 5.74) is 1.66. The number of aryl methyl sites for hydroxylation is 1. The van der Waals surface area contributed by atoms with Crippen LogP contribution < -0.4 is 4.74 Å². The van der Waals surface area contributed by atoms with Crippen molar-refractivity contribution in [2.24, 2.45) is 0 Å². The number of carbonyl (C=O) groups excluding carboxylic acids is 1. The minimum Gasteiger partial charge on any atom is -0.423 e. The zero-order valence-corrected chi connectivity index (χ0v) is 13.3. The Bertz CT molecular complexity index is 568. The Morgan fingerprint density at radius 1 is 1.11 bits per heavy atom. The average molecular weight is 384 g/mol. The van der Waals surface area contributed by atoms with Crippen molar-refractivity contribution >= 4 is 37.8 Å². The van der Waals surface area contributed by atoms with Gasteiger partial charge < -0.3 is 4.74 Å². The quantitative estimate of drug-likeness (QED) is 0.438. The van der Waals surface area contributed by atoms with Crippen LogP contribution in [0.4, 0.5) is 0 Å². The van der Waals surface area contributed by atoms with Gasteiger partial charge in [-0.2, -0.15) is 0 Å². The van der Waals surface area contributed by atoms with E-state index in [0.717, 1.165) is 21.8 Å². The molecule has 98 valence electrons. The number of benzene rings is 2. The van der Waals surface area contributed by atoms with Gasteiger partial charge in [-0.3, -0.25) is 0 Å². The second kappa shape index (κ2) is 6.87. The van der Waals surface area contributed by atoms with Crippen LogP contribution >= 0.6 is 31.9 Å². The van der Waals surface area contributed by atoms with E-state index in [1.165, 1.54) is 0 Å². The Morgan fingerprint density at radius 2 is 1.84 bits per heavy atom. The molecule has 2 rings (SSSR count). The molecule has 2 nitrogen and oxygen atoms in total. The van der Waals surface area contributed by atoms with Gasteiger partial charge in [0, 0.05) is 9.80 Å². The molecule has 0 amide bonds. The lowest BCUT2D eigenvalue weighted by atomic mass is 10.1. The lowest BCUT2D eigenvalue weighted by Gasteiger charge is -2.07. The highest BCUT2D eigenvalue weighted by molar-refractivity contribution is 9.10. The van der Waals surface area contributed by atoms with E-state index in [4.69, 9.17) is 4.74 Å². The van der Waals surface area contributed by atoms with Crippen LogP contribution in [-0.2, 0) is 6.42 Å². The van der Waals surface area contributed by atoms with Crippen LogP contribution in [0.3, 0.4) is 0 Å². The van der Waals surface area contributed by atoms with Crippen LogP contribution in [0, 0.1) is 0 Å². The van der Waals surface area contributed by atoms with E-state index in [0.29, 0.717) is 11.3 Å². The first-order valence-electron chi connectivity index (χ1n) is 5.82. The van der Waals surface area contributed by atoms with Gasteiger partial charge in [0.2, 0.25) is 0 Å². The molecular weight excluding hydrogens is 372 g/mol. The fourth-order valence-corrected chi connectivity index (χ4v) is 2.52. The number of alkyl halides is 1. The van der Waals surface area contributed by atoms with Crippen LogP contribution in [0.5, 0.6) is 5.75 Å². The molecule has 0 aromatic heterocycles. The third kappa shape index (κ3) is 3.91. The summed E-state index contributed by atoms with van der Waals surface area (Å²) in [6.45, 7) is 0. The summed E-state index contributed by atoms with van der Waals surface area (Å²) >= 11 is 6.89. The molecule has 0 bridgehead atoms. The maximum absolute atomic E-state index is 11.9. The molecule has 0 unspecified atom stereocenters. The molecule has 0 spiro atoms. The van der Waals surface area contributed by atoms with Crippen molar-refractivity contribution in [3.8, 4) is 5.75 Å². The highest BCUT2D eigenvalue weighted by Crippen LogP contribution is 2.24. The second-order valence-corrected chi connectivity index (χ2v) is 5.60. The predicted molar refractivity (Wildman–Crippen MR) is 83.0 cm³/mol. The van der Waals surface area contributed by atoms with E-state index in [2.05, 4.69) is 31.9 Å². The Morgan fingerprint density at radius 3 is 2.53 bits per heavy atom. The smallest absolute Gasteiger partial charge is 0.343 e. The molecule has 0 N–H and O–H groups in total. The van der Waals surface area contributed by atoms with Crippen molar-refractivity contribution in [3.05, 3.63) is 64.1 Å². The van der Waals surface area contributed by atoms with Gasteiger partial charge in [-0.1, -0.05) is 50.1 Å². The summed E-state index contributed by atoms with van der Waals surface area (Å²) in [5.74, 6) is 0.223. The van der Waals surface area contributed by atoms with E-state index in [-0.39, 0.29) is 5.97 Å². The van der Waals surface area contributed by atoms with Gasteiger partial charge in [0.25, 0.3) is 0 Å². The minimum atomic E-state index is -0.340. The molecule has 2 aromatic rings. The number of esters is 1. The Labute approximate surface area is 129 Å². The summed E-state index contributed by atoms with van der Waals surface area (Å²) in [5, 5.41) is 0.863. The molecule has 0 aliphatic carbocycles. The number of carbonyl (C=O) groups is 1. The molecule has 0 aliphatic rings. The molecule has 4 heteroatoms. The first-order chi connectivity index (χ1) is 9.20. The Hall–Kier alpha value is -1.13. The third-order valence-corrected chi connectivity index (χ3v) is 3.77. The molecule has 0 saturated heterocycles. The van der Waals surface area contributed by atoms with Gasteiger partial charge in [-0.05, 0) is 42.3 Å². The van der Waals surface area contributed by atoms with Crippen LogP contribution in [-0.4, -0.2) is 11.3 Å². The Kier molecular flexibility index (Phi) is 5.16. The van der Waals surface area contributed by atoms with Gasteiger partial charge in [0.05, 0.1) is 5.56 Å². The second-order valence-electron chi connectivity index (χ2n) is 3.95. The van der Waals surface area contributed by atoms with E-state index in [1.54, 1.807) is 18.2 Å². The minimum absolute atomic E-state index is 0.340. The lowest BCUT2D eigenvalue weighted by molar-refractivity contribution is 0.0734. The largest absolute Gasteiger partial charge is 0.423 e. The number of ether oxygens (including phenoxy) is 1. The molecule has 19 heavy (non-hydrogen) atoms. The molecule has 0 heterocycles. The molecule has 0 saturated carbocycles. The molecular formula is C15H12Br2O2.